The predicted octanol–water partition coefficient (Wildman–Crippen LogP) is 3.97. The summed E-state index contributed by atoms with van der Waals surface area (Å²) in [5.41, 5.74) is 4.01. The molecule has 92 valence electrons. The fraction of sp³-hybridized carbons (Fsp3) is 0.250. The lowest BCUT2D eigenvalue weighted by Gasteiger charge is -2.05. The highest BCUT2D eigenvalue weighted by atomic mass is 14.9. The van der Waals surface area contributed by atoms with Gasteiger partial charge in [-0.3, -0.25) is 0 Å². The Balaban J connectivity index is 1.88. The van der Waals surface area contributed by atoms with Crippen molar-refractivity contribution in [2.24, 2.45) is 0 Å². The van der Waals surface area contributed by atoms with Crippen molar-refractivity contribution < 1.29 is 0 Å². The van der Waals surface area contributed by atoms with Crippen molar-refractivity contribution >= 4 is 10.9 Å². The SMILES string of the molecule is CCCc1ccn(Cc2cccc3[nH]ccc23)c1. The van der Waals surface area contributed by atoms with Gasteiger partial charge in [-0.05, 0) is 35.7 Å². The minimum absolute atomic E-state index is 0.943. The van der Waals surface area contributed by atoms with Crippen LogP contribution in [0.4, 0.5) is 0 Å². The van der Waals surface area contributed by atoms with E-state index >= 15 is 0 Å². The number of nitrogens with one attached hydrogen (secondary N) is 1. The van der Waals surface area contributed by atoms with Crippen LogP contribution in [0.15, 0.2) is 48.9 Å². The number of hydrogen-bond acceptors (Lipinski definition) is 0. The molecule has 0 aliphatic heterocycles. The maximum Gasteiger partial charge on any atom is 0.0477 e. The van der Waals surface area contributed by atoms with Gasteiger partial charge in [0, 0.05) is 36.0 Å². The van der Waals surface area contributed by atoms with Crippen molar-refractivity contribution in [3.05, 3.63) is 60.0 Å². The van der Waals surface area contributed by atoms with Crippen LogP contribution in [0.3, 0.4) is 0 Å². The minimum atomic E-state index is 0.943. The molecule has 0 spiro atoms. The van der Waals surface area contributed by atoms with Gasteiger partial charge in [-0.1, -0.05) is 25.5 Å². The van der Waals surface area contributed by atoms with E-state index < -0.39 is 0 Å². The lowest BCUT2D eigenvalue weighted by atomic mass is 10.1. The van der Waals surface area contributed by atoms with E-state index in [0.29, 0.717) is 0 Å². The smallest absolute Gasteiger partial charge is 0.0477 e. The van der Waals surface area contributed by atoms with Crippen molar-refractivity contribution in [3.63, 3.8) is 0 Å². The Morgan fingerprint density at radius 1 is 1.17 bits per heavy atom. The zero-order valence-electron chi connectivity index (χ0n) is 10.7. The topological polar surface area (TPSA) is 20.7 Å². The Kier molecular flexibility index (Phi) is 2.93. The number of aromatic nitrogens is 2. The zero-order valence-corrected chi connectivity index (χ0v) is 10.7. The summed E-state index contributed by atoms with van der Waals surface area (Å²) in [4.78, 5) is 3.26. The summed E-state index contributed by atoms with van der Waals surface area (Å²) in [5.74, 6) is 0. The molecule has 3 rings (SSSR count). The Morgan fingerprint density at radius 3 is 3.00 bits per heavy atom. The standard InChI is InChI=1S/C16H18N2/c1-2-4-13-8-10-18(11-13)12-14-5-3-6-16-15(14)7-9-17-16/h3,5-11,17H,2,4,12H2,1H3. The monoisotopic (exact) mass is 238 g/mol. The second-order valence-corrected chi connectivity index (χ2v) is 4.80. The maximum atomic E-state index is 3.26. The van der Waals surface area contributed by atoms with Crippen LogP contribution in [0.1, 0.15) is 24.5 Å². The van der Waals surface area contributed by atoms with Crippen LogP contribution < -0.4 is 0 Å². The molecule has 0 amide bonds. The molecule has 0 radical (unpaired) electrons. The summed E-state index contributed by atoms with van der Waals surface area (Å²) in [6.07, 6.45) is 8.82. The van der Waals surface area contributed by atoms with Gasteiger partial charge in [0.25, 0.3) is 0 Å². The van der Waals surface area contributed by atoms with Crippen molar-refractivity contribution in [2.75, 3.05) is 0 Å². The van der Waals surface area contributed by atoms with Crippen molar-refractivity contribution in [3.8, 4) is 0 Å². The van der Waals surface area contributed by atoms with E-state index in [0.717, 1.165) is 6.54 Å². The Bertz CT molecular complexity index is 646. The lowest BCUT2D eigenvalue weighted by Crippen LogP contribution is -1.96. The van der Waals surface area contributed by atoms with Crippen LogP contribution in [0.25, 0.3) is 10.9 Å². The first-order valence-corrected chi connectivity index (χ1v) is 6.56. The van der Waals surface area contributed by atoms with Crippen molar-refractivity contribution in [1.29, 1.82) is 0 Å². The number of aromatic amines is 1. The van der Waals surface area contributed by atoms with Gasteiger partial charge in [0.1, 0.15) is 0 Å². The van der Waals surface area contributed by atoms with E-state index in [1.165, 1.54) is 34.9 Å². The molecule has 0 aliphatic carbocycles. The van der Waals surface area contributed by atoms with Gasteiger partial charge >= 0.3 is 0 Å². The van der Waals surface area contributed by atoms with Crippen LogP contribution in [-0.4, -0.2) is 9.55 Å². The summed E-state index contributed by atoms with van der Waals surface area (Å²) in [5, 5.41) is 1.32. The molecule has 1 aromatic carbocycles. The molecule has 18 heavy (non-hydrogen) atoms. The number of aryl methyl sites for hydroxylation is 1. The number of fused-ring (bicyclic) bond motifs is 1. The van der Waals surface area contributed by atoms with Crippen LogP contribution in [-0.2, 0) is 13.0 Å². The number of H-pyrrole nitrogens is 1. The average molecular weight is 238 g/mol. The molecule has 0 unspecified atom stereocenters. The molecule has 2 nitrogen and oxygen atoms in total. The largest absolute Gasteiger partial charge is 0.361 e. The molecule has 1 N–H and O–H groups in total. The number of nitrogens with zero attached hydrogens (tertiary/aromatic N) is 1. The molecule has 2 aromatic heterocycles. The molecule has 0 bridgehead atoms. The fourth-order valence-electron chi connectivity index (χ4n) is 2.51. The van der Waals surface area contributed by atoms with Crippen LogP contribution in [0.2, 0.25) is 0 Å². The Hall–Kier alpha value is -1.96. The van der Waals surface area contributed by atoms with Gasteiger partial charge in [-0.15, -0.1) is 0 Å². The van der Waals surface area contributed by atoms with Crippen LogP contribution in [0, 0.1) is 0 Å². The molecule has 3 aromatic rings. The molecule has 0 aliphatic rings. The zero-order chi connectivity index (χ0) is 12.4. The van der Waals surface area contributed by atoms with E-state index in [9.17, 15) is 0 Å². The average Bonchev–Trinajstić information content (AvgIpc) is 2.99. The summed E-state index contributed by atoms with van der Waals surface area (Å²) in [7, 11) is 0. The molecular weight excluding hydrogens is 220 g/mol. The maximum absolute atomic E-state index is 3.26. The van der Waals surface area contributed by atoms with Crippen molar-refractivity contribution in [2.45, 2.75) is 26.3 Å². The van der Waals surface area contributed by atoms with Crippen molar-refractivity contribution in [1.82, 2.24) is 9.55 Å². The van der Waals surface area contributed by atoms with Gasteiger partial charge in [0.05, 0.1) is 0 Å². The molecule has 0 saturated carbocycles. The van der Waals surface area contributed by atoms with E-state index in [-0.39, 0.29) is 0 Å². The third-order valence-corrected chi connectivity index (χ3v) is 3.39. The van der Waals surface area contributed by atoms with E-state index in [1.54, 1.807) is 0 Å². The number of benzene rings is 1. The molecule has 2 heterocycles. The van der Waals surface area contributed by atoms with Gasteiger partial charge in [-0.2, -0.15) is 0 Å². The second kappa shape index (κ2) is 4.73. The third kappa shape index (κ3) is 2.06. The highest BCUT2D eigenvalue weighted by Gasteiger charge is 2.03. The molecular formula is C16H18N2. The number of hydrogen-bond donors (Lipinski definition) is 1. The summed E-state index contributed by atoms with van der Waals surface area (Å²) >= 11 is 0. The first-order chi connectivity index (χ1) is 8.86. The normalized spacial score (nSPS) is 11.2. The lowest BCUT2D eigenvalue weighted by molar-refractivity contribution is 0.803. The molecule has 0 fully saturated rings. The fourth-order valence-corrected chi connectivity index (χ4v) is 2.51. The third-order valence-electron chi connectivity index (χ3n) is 3.39. The van der Waals surface area contributed by atoms with E-state index in [2.05, 4.69) is 59.2 Å². The van der Waals surface area contributed by atoms with E-state index in [4.69, 9.17) is 0 Å². The minimum Gasteiger partial charge on any atom is -0.361 e. The van der Waals surface area contributed by atoms with Crippen LogP contribution in [0.5, 0.6) is 0 Å². The Morgan fingerprint density at radius 2 is 2.11 bits per heavy atom. The first kappa shape index (κ1) is 11.1. The summed E-state index contributed by atoms with van der Waals surface area (Å²) < 4.78 is 2.27. The van der Waals surface area contributed by atoms with E-state index in [1.807, 2.05) is 6.20 Å². The second-order valence-electron chi connectivity index (χ2n) is 4.80. The van der Waals surface area contributed by atoms with Gasteiger partial charge in [0.2, 0.25) is 0 Å². The summed E-state index contributed by atoms with van der Waals surface area (Å²) in [6, 6.07) is 10.8. The highest BCUT2D eigenvalue weighted by Crippen LogP contribution is 2.18. The molecule has 0 atom stereocenters. The number of rotatable bonds is 4. The van der Waals surface area contributed by atoms with Gasteiger partial charge in [0.15, 0.2) is 0 Å². The van der Waals surface area contributed by atoms with Gasteiger partial charge in [-0.25, -0.2) is 0 Å². The molecule has 2 heteroatoms. The summed E-state index contributed by atoms with van der Waals surface area (Å²) in [6.45, 7) is 3.16. The van der Waals surface area contributed by atoms with Crippen LogP contribution >= 0.6 is 0 Å². The highest BCUT2D eigenvalue weighted by molar-refractivity contribution is 5.82. The Labute approximate surface area is 107 Å². The van der Waals surface area contributed by atoms with Gasteiger partial charge < -0.3 is 9.55 Å². The quantitative estimate of drug-likeness (QED) is 0.710. The predicted molar refractivity (Wildman–Crippen MR) is 75.8 cm³/mol. The first-order valence-electron chi connectivity index (χ1n) is 6.56. The molecule has 0 saturated heterocycles.